The van der Waals surface area contributed by atoms with Gasteiger partial charge in [0.15, 0.2) is 0 Å². The smallest absolute Gasteiger partial charge is 0.261 e. The third kappa shape index (κ3) is 3.95. The minimum atomic E-state index is -1.43. The second kappa shape index (κ2) is 7.31. The molecule has 0 N–H and O–H groups in total. The van der Waals surface area contributed by atoms with Crippen LogP contribution in [-0.4, -0.2) is 31.3 Å². The first-order chi connectivity index (χ1) is 12.4. The summed E-state index contributed by atoms with van der Waals surface area (Å²) in [7, 11) is -1.43. The van der Waals surface area contributed by atoms with Crippen molar-refractivity contribution in [2.75, 3.05) is 6.54 Å². The van der Waals surface area contributed by atoms with Gasteiger partial charge in [-0.25, -0.2) is 0 Å². The number of rotatable bonds is 4. The van der Waals surface area contributed by atoms with Crippen LogP contribution in [0.15, 0.2) is 48.5 Å². The Kier molecular flexibility index (Phi) is 5.10. The van der Waals surface area contributed by atoms with E-state index >= 15 is 0 Å². The minimum absolute atomic E-state index is 0.183. The van der Waals surface area contributed by atoms with Gasteiger partial charge in [0.25, 0.3) is 11.8 Å². The molecule has 0 fully saturated rings. The maximum absolute atomic E-state index is 12.4. The van der Waals surface area contributed by atoms with Gasteiger partial charge in [-0.15, -0.1) is 5.54 Å². The van der Waals surface area contributed by atoms with Crippen molar-refractivity contribution in [1.82, 2.24) is 4.90 Å². The number of carbonyl (C=O) groups excluding carboxylic acids is 2. The summed E-state index contributed by atoms with van der Waals surface area (Å²) in [5.74, 6) is 2.96. The summed E-state index contributed by atoms with van der Waals surface area (Å²) >= 11 is 0. The fourth-order valence-corrected chi connectivity index (χ4v) is 3.49. The average Bonchev–Trinajstić information content (AvgIpc) is 2.85. The van der Waals surface area contributed by atoms with E-state index in [1.54, 1.807) is 24.3 Å². The topological polar surface area (TPSA) is 37.4 Å². The maximum atomic E-state index is 12.4. The zero-order chi connectivity index (χ0) is 18.7. The summed E-state index contributed by atoms with van der Waals surface area (Å²) in [5.41, 5.74) is 6.66. The summed E-state index contributed by atoms with van der Waals surface area (Å²) in [6, 6.07) is 15.2. The van der Waals surface area contributed by atoms with Crippen LogP contribution < -0.4 is 0 Å². The summed E-state index contributed by atoms with van der Waals surface area (Å²) in [6.45, 7) is 7.11. The first-order valence-corrected chi connectivity index (χ1v) is 12.4. The predicted octanol–water partition coefficient (Wildman–Crippen LogP) is 4.14. The van der Waals surface area contributed by atoms with Crippen LogP contribution in [0.1, 0.15) is 38.3 Å². The van der Waals surface area contributed by atoms with Crippen molar-refractivity contribution in [3.05, 3.63) is 70.8 Å². The Morgan fingerprint density at radius 1 is 0.885 bits per heavy atom. The van der Waals surface area contributed by atoms with E-state index in [9.17, 15) is 9.59 Å². The fourth-order valence-electron chi connectivity index (χ4n) is 2.98. The van der Waals surface area contributed by atoms with Crippen molar-refractivity contribution < 1.29 is 9.59 Å². The van der Waals surface area contributed by atoms with E-state index in [-0.39, 0.29) is 11.8 Å². The molecule has 0 bridgehead atoms. The van der Waals surface area contributed by atoms with E-state index in [1.165, 1.54) is 10.5 Å². The lowest BCUT2D eigenvalue weighted by atomic mass is 10.0. The Hall–Kier alpha value is -2.64. The molecule has 2 aromatic rings. The van der Waals surface area contributed by atoms with Crippen LogP contribution in [0.5, 0.6) is 0 Å². The highest BCUT2D eigenvalue weighted by molar-refractivity contribution is 6.83. The lowest BCUT2D eigenvalue weighted by molar-refractivity contribution is 0.0652. The molecule has 0 saturated heterocycles. The lowest BCUT2D eigenvalue weighted by Gasteiger charge is -2.14. The summed E-state index contributed by atoms with van der Waals surface area (Å²) in [5, 5.41) is 0. The molecule has 1 aliphatic rings. The monoisotopic (exact) mass is 361 g/mol. The largest absolute Gasteiger partial charge is 0.274 e. The maximum Gasteiger partial charge on any atom is 0.261 e. The van der Waals surface area contributed by atoms with E-state index < -0.39 is 8.07 Å². The van der Waals surface area contributed by atoms with Gasteiger partial charge in [-0.3, -0.25) is 14.5 Å². The molecule has 4 heteroatoms. The van der Waals surface area contributed by atoms with Gasteiger partial charge in [-0.2, -0.15) is 0 Å². The number of benzene rings is 2. The van der Waals surface area contributed by atoms with Crippen molar-refractivity contribution in [2.24, 2.45) is 0 Å². The van der Waals surface area contributed by atoms with Crippen LogP contribution in [-0.2, 0) is 6.42 Å². The molecule has 0 atom stereocenters. The third-order valence-electron chi connectivity index (χ3n) is 4.30. The van der Waals surface area contributed by atoms with Crippen molar-refractivity contribution in [3.8, 4) is 11.5 Å². The van der Waals surface area contributed by atoms with Crippen molar-refractivity contribution in [1.29, 1.82) is 0 Å². The molecular formula is C22H23NO2Si. The molecule has 0 saturated carbocycles. The Morgan fingerprint density at radius 3 is 2.08 bits per heavy atom. The molecule has 1 heterocycles. The number of nitrogens with zero attached hydrogens (tertiary/aromatic N) is 1. The van der Waals surface area contributed by atoms with Crippen LogP contribution in [0.4, 0.5) is 0 Å². The van der Waals surface area contributed by atoms with Crippen LogP contribution in [0.3, 0.4) is 0 Å². The van der Waals surface area contributed by atoms with Gasteiger partial charge in [0, 0.05) is 12.1 Å². The second-order valence-corrected chi connectivity index (χ2v) is 12.3. The number of carbonyl (C=O) groups is 2. The van der Waals surface area contributed by atoms with Gasteiger partial charge < -0.3 is 0 Å². The average molecular weight is 362 g/mol. The molecule has 2 amide bonds. The summed E-state index contributed by atoms with van der Waals surface area (Å²) in [6.07, 6.45) is 1.53. The van der Waals surface area contributed by atoms with Gasteiger partial charge in [0.05, 0.1) is 11.1 Å². The second-order valence-electron chi connectivity index (χ2n) is 7.57. The van der Waals surface area contributed by atoms with Crippen LogP contribution in [0.2, 0.25) is 19.6 Å². The summed E-state index contributed by atoms with van der Waals surface area (Å²) in [4.78, 5) is 26.2. The van der Waals surface area contributed by atoms with Gasteiger partial charge in [0.1, 0.15) is 8.07 Å². The van der Waals surface area contributed by atoms with Crippen LogP contribution >= 0.6 is 0 Å². The molecule has 1 aliphatic heterocycles. The van der Waals surface area contributed by atoms with E-state index in [4.69, 9.17) is 0 Å². The molecule has 0 aromatic heterocycles. The van der Waals surface area contributed by atoms with Crippen LogP contribution in [0, 0.1) is 11.5 Å². The number of amides is 2. The molecule has 2 aromatic carbocycles. The highest BCUT2D eigenvalue weighted by atomic mass is 28.3. The Labute approximate surface area is 156 Å². The number of aryl methyl sites for hydroxylation is 1. The molecule has 0 unspecified atom stereocenters. The first kappa shape index (κ1) is 18.2. The fraction of sp³-hybridized carbons (Fsp3) is 0.273. The van der Waals surface area contributed by atoms with E-state index in [0.29, 0.717) is 17.7 Å². The molecule has 0 radical (unpaired) electrons. The van der Waals surface area contributed by atoms with E-state index in [2.05, 4.69) is 37.2 Å². The third-order valence-corrected chi connectivity index (χ3v) is 5.17. The standard InChI is InChI=1S/C22H23NO2Si/c1-26(2,3)16-14-18-10-5-4-9-17(18)11-8-15-23-21(24)19-12-6-7-13-20(19)22(23)25/h4-7,9-10,12-13H,8,11,15H2,1-3H3. The molecule has 3 nitrogen and oxygen atoms in total. The van der Waals surface area contributed by atoms with Crippen molar-refractivity contribution in [2.45, 2.75) is 32.5 Å². The predicted molar refractivity (Wildman–Crippen MR) is 107 cm³/mol. The quantitative estimate of drug-likeness (QED) is 0.466. The Balaban J connectivity index is 1.67. The lowest BCUT2D eigenvalue weighted by Crippen LogP contribution is -2.31. The minimum Gasteiger partial charge on any atom is -0.274 e. The van der Waals surface area contributed by atoms with Gasteiger partial charge in [-0.05, 0) is 36.6 Å². The normalized spacial score (nSPS) is 13.4. The number of imide groups is 1. The van der Waals surface area contributed by atoms with Gasteiger partial charge in [-0.1, -0.05) is 55.9 Å². The van der Waals surface area contributed by atoms with Crippen LogP contribution in [0.25, 0.3) is 0 Å². The number of fused-ring (bicyclic) bond motifs is 1. The Bertz CT molecular complexity index is 880. The molecule has 0 spiro atoms. The zero-order valence-corrected chi connectivity index (χ0v) is 16.5. The van der Waals surface area contributed by atoms with E-state index in [1.807, 2.05) is 18.2 Å². The first-order valence-electron chi connectivity index (χ1n) is 8.93. The SMILES string of the molecule is C[Si](C)(C)C#Cc1ccccc1CCCN1C(=O)c2ccccc2C1=O. The molecular weight excluding hydrogens is 338 g/mol. The zero-order valence-electron chi connectivity index (χ0n) is 15.5. The highest BCUT2D eigenvalue weighted by Crippen LogP contribution is 2.23. The van der Waals surface area contributed by atoms with Crippen molar-refractivity contribution >= 4 is 19.9 Å². The Morgan fingerprint density at radius 2 is 1.46 bits per heavy atom. The molecule has 26 heavy (non-hydrogen) atoms. The van der Waals surface area contributed by atoms with E-state index in [0.717, 1.165) is 18.4 Å². The van der Waals surface area contributed by atoms with Gasteiger partial charge >= 0.3 is 0 Å². The highest BCUT2D eigenvalue weighted by Gasteiger charge is 2.34. The molecule has 132 valence electrons. The number of hydrogen-bond acceptors (Lipinski definition) is 2. The van der Waals surface area contributed by atoms with Gasteiger partial charge in [0.2, 0.25) is 0 Å². The molecule has 0 aliphatic carbocycles. The summed E-state index contributed by atoms with van der Waals surface area (Å²) < 4.78 is 0. The number of hydrogen-bond donors (Lipinski definition) is 0. The van der Waals surface area contributed by atoms with Crippen molar-refractivity contribution in [3.63, 3.8) is 0 Å². The molecule has 3 rings (SSSR count).